The van der Waals surface area contributed by atoms with Gasteiger partial charge in [0.1, 0.15) is 11.9 Å². The van der Waals surface area contributed by atoms with Crippen LogP contribution in [0.15, 0.2) is 24.3 Å². The molecular formula is C21H29N3O2. The van der Waals surface area contributed by atoms with Crippen LogP contribution in [0.25, 0.3) is 0 Å². The number of likely N-dealkylation sites (tertiary alicyclic amines) is 2. The van der Waals surface area contributed by atoms with Crippen molar-refractivity contribution in [2.24, 2.45) is 5.92 Å². The van der Waals surface area contributed by atoms with Gasteiger partial charge in [-0.1, -0.05) is 12.1 Å². The highest BCUT2D eigenvalue weighted by Gasteiger charge is 2.46. The summed E-state index contributed by atoms with van der Waals surface area (Å²) < 4.78 is 6.40. The quantitative estimate of drug-likeness (QED) is 0.834. The number of hydrogen-bond acceptors (Lipinski definition) is 4. The molecule has 1 amide bonds. The van der Waals surface area contributed by atoms with Crippen LogP contribution in [0.4, 0.5) is 5.69 Å². The Morgan fingerprint density at radius 1 is 1.12 bits per heavy atom. The number of para-hydroxylation sites is 2. The smallest absolute Gasteiger partial charge is 0.244 e. The minimum Gasteiger partial charge on any atom is -0.487 e. The summed E-state index contributed by atoms with van der Waals surface area (Å²) in [6.07, 6.45) is 5.77. The minimum atomic E-state index is -0.0134. The Kier molecular flexibility index (Phi) is 4.17. The maximum atomic E-state index is 13.6. The molecule has 2 bridgehead atoms. The van der Waals surface area contributed by atoms with Gasteiger partial charge in [-0.05, 0) is 63.9 Å². The number of carbonyl (C=O) groups is 1. The van der Waals surface area contributed by atoms with Crippen molar-refractivity contribution >= 4 is 11.6 Å². The zero-order chi connectivity index (χ0) is 17.7. The third kappa shape index (κ3) is 3.01. The third-order valence-corrected chi connectivity index (χ3v) is 6.60. The number of carbonyl (C=O) groups excluding carboxylic acids is 1. The van der Waals surface area contributed by atoms with Gasteiger partial charge in [-0.2, -0.15) is 0 Å². The molecule has 2 saturated heterocycles. The van der Waals surface area contributed by atoms with Crippen LogP contribution < -0.4 is 9.64 Å². The van der Waals surface area contributed by atoms with Gasteiger partial charge in [0.2, 0.25) is 5.91 Å². The molecule has 1 aliphatic carbocycles. The van der Waals surface area contributed by atoms with E-state index in [0.29, 0.717) is 17.9 Å². The van der Waals surface area contributed by atoms with Crippen LogP contribution in [-0.2, 0) is 4.79 Å². The zero-order valence-corrected chi connectivity index (χ0v) is 15.6. The predicted octanol–water partition coefficient (Wildman–Crippen LogP) is 2.36. The predicted molar refractivity (Wildman–Crippen MR) is 102 cm³/mol. The van der Waals surface area contributed by atoms with Gasteiger partial charge >= 0.3 is 0 Å². The lowest BCUT2D eigenvalue weighted by molar-refractivity contribution is -0.124. The largest absolute Gasteiger partial charge is 0.487 e. The third-order valence-electron chi connectivity index (χ3n) is 6.60. The molecule has 0 N–H and O–H groups in total. The van der Waals surface area contributed by atoms with Gasteiger partial charge in [-0.3, -0.25) is 9.69 Å². The van der Waals surface area contributed by atoms with Crippen LogP contribution in [0, 0.1) is 5.92 Å². The summed E-state index contributed by atoms with van der Waals surface area (Å²) in [5, 5.41) is 0. The summed E-state index contributed by atoms with van der Waals surface area (Å²) in [4.78, 5) is 20.5. The number of amides is 1. The molecule has 26 heavy (non-hydrogen) atoms. The summed E-state index contributed by atoms with van der Waals surface area (Å²) in [5.74, 6) is 1.85. The zero-order valence-electron chi connectivity index (χ0n) is 15.6. The van der Waals surface area contributed by atoms with Gasteiger partial charge in [0.15, 0.2) is 0 Å². The highest BCUT2D eigenvalue weighted by molar-refractivity contribution is 5.99. The first-order valence-corrected chi connectivity index (χ1v) is 10.2. The molecule has 5 heteroatoms. The monoisotopic (exact) mass is 355 g/mol. The Morgan fingerprint density at radius 2 is 1.88 bits per heavy atom. The van der Waals surface area contributed by atoms with Crippen molar-refractivity contribution in [3.8, 4) is 5.75 Å². The van der Waals surface area contributed by atoms with Gasteiger partial charge < -0.3 is 14.5 Å². The molecule has 0 aromatic heterocycles. The Balaban J connectivity index is 1.45. The second-order valence-corrected chi connectivity index (χ2v) is 8.58. The Hall–Kier alpha value is -1.59. The fraction of sp³-hybridized carbons (Fsp3) is 0.667. The van der Waals surface area contributed by atoms with Crippen LogP contribution in [-0.4, -0.2) is 67.1 Å². The van der Waals surface area contributed by atoms with Crippen molar-refractivity contribution in [2.45, 2.75) is 50.3 Å². The van der Waals surface area contributed by atoms with Crippen molar-refractivity contribution in [1.29, 1.82) is 0 Å². The highest BCUT2D eigenvalue weighted by atomic mass is 16.5. The number of fused-ring (bicyclic) bond motifs is 3. The molecule has 140 valence electrons. The lowest BCUT2D eigenvalue weighted by atomic mass is 10.0. The summed E-state index contributed by atoms with van der Waals surface area (Å²) >= 11 is 0. The van der Waals surface area contributed by atoms with Crippen molar-refractivity contribution in [3.63, 3.8) is 0 Å². The number of anilines is 1. The van der Waals surface area contributed by atoms with Crippen LogP contribution in [0.2, 0.25) is 0 Å². The maximum Gasteiger partial charge on any atom is 0.244 e. The highest BCUT2D eigenvalue weighted by Crippen LogP contribution is 2.40. The number of rotatable bonds is 3. The van der Waals surface area contributed by atoms with Crippen molar-refractivity contribution in [3.05, 3.63) is 24.3 Å². The van der Waals surface area contributed by atoms with E-state index in [0.717, 1.165) is 56.9 Å². The van der Waals surface area contributed by atoms with Crippen molar-refractivity contribution in [2.75, 3.05) is 38.1 Å². The molecule has 5 nitrogen and oxygen atoms in total. The molecule has 1 aromatic carbocycles. The van der Waals surface area contributed by atoms with Crippen LogP contribution in [0.5, 0.6) is 5.75 Å². The first-order valence-electron chi connectivity index (χ1n) is 10.2. The van der Waals surface area contributed by atoms with Crippen LogP contribution >= 0.6 is 0 Å². The molecular weight excluding hydrogens is 326 g/mol. The average molecular weight is 355 g/mol. The fourth-order valence-corrected chi connectivity index (χ4v) is 4.88. The molecule has 5 rings (SSSR count). The minimum absolute atomic E-state index is 0.0134. The van der Waals surface area contributed by atoms with Crippen LogP contribution in [0.1, 0.15) is 32.1 Å². The molecule has 0 radical (unpaired) electrons. The summed E-state index contributed by atoms with van der Waals surface area (Å²) in [6.45, 7) is 3.98. The van der Waals surface area contributed by atoms with Crippen LogP contribution in [0.3, 0.4) is 0 Å². The van der Waals surface area contributed by atoms with Gasteiger partial charge in [-0.15, -0.1) is 0 Å². The van der Waals surface area contributed by atoms with E-state index in [1.54, 1.807) is 0 Å². The molecule has 1 aromatic rings. The second kappa shape index (κ2) is 6.54. The van der Waals surface area contributed by atoms with E-state index in [1.165, 1.54) is 12.8 Å². The Labute approximate surface area is 155 Å². The van der Waals surface area contributed by atoms with Gasteiger partial charge in [0.25, 0.3) is 0 Å². The standard InChI is InChI=1S/C21H29N3O2/c1-22-10-8-16(9-11-22)23-14-17-12-19(23)21(25)24(13-15-6-7-15)18-4-2-3-5-20(18)26-17/h2-5,15-17,19H,6-14H2,1H3/t17-,19-/m0/s1. The number of ether oxygens (including phenoxy) is 1. The van der Waals surface area contributed by atoms with E-state index in [9.17, 15) is 4.79 Å². The van der Waals surface area contributed by atoms with E-state index < -0.39 is 0 Å². The van der Waals surface area contributed by atoms with Crippen molar-refractivity contribution < 1.29 is 9.53 Å². The fourth-order valence-electron chi connectivity index (χ4n) is 4.88. The number of nitrogens with zero attached hydrogens (tertiary/aromatic N) is 3. The van der Waals surface area contributed by atoms with Gasteiger partial charge in [0, 0.05) is 25.6 Å². The molecule has 1 saturated carbocycles. The molecule has 0 unspecified atom stereocenters. The average Bonchev–Trinajstić information content (AvgIpc) is 3.37. The maximum absolute atomic E-state index is 13.6. The number of benzene rings is 1. The first-order chi connectivity index (χ1) is 12.7. The van der Waals surface area contributed by atoms with E-state index >= 15 is 0 Å². The topological polar surface area (TPSA) is 36.0 Å². The molecule has 3 heterocycles. The SMILES string of the molecule is CN1CCC(N2C[C@@H]3C[C@H]2C(=O)N(CC2CC2)c2ccccc2O3)CC1. The van der Waals surface area contributed by atoms with Gasteiger partial charge in [0.05, 0.1) is 11.7 Å². The molecule has 3 fully saturated rings. The lowest BCUT2D eigenvalue weighted by Gasteiger charge is -2.38. The van der Waals surface area contributed by atoms with E-state index in [2.05, 4.69) is 22.9 Å². The van der Waals surface area contributed by atoms with Crippen molar-refractivity contribution in [1.82, 2.24) is 9.80 Å². The normalized spacial score (nSPS) is 30.7. The molecule has 0 spiro atoms. The molecule has 2 atom stereocenters. The van der Waals surface area contributed by atoms with Gasteiger partial charge in [-0.25, -0.2) is 0 Å². The number of hydrogen-bond donors (Lipinski definition) is 0. The lowest BCUT2D eigenvalue weighted by Crippen LogP contribution is -2.52. The summed E-state index contributed by atoms with van der Waals surface area (Å²) in [6, 6.07) is 8.62. The Bertz CT molecular complexity index is 682. The van der Waals surface area contributed by atoms with E-state index in [4.69, 9.17) is 4.74 Å². The Morgan fingerprint density at radius 3 is 2.65 bits per heavy atom. The summed E-state index contributed by atoms with van der Waals surface area (Å²) in [7, 11) is 2.19. The molecule has 4 aliphatic rings. The summed E-state index contributed by atoms with van der Waals surface area (Å²) in [5.41, 5.74) is 0.976. The number of piperidine rings is 1. The van der Waals surface area contributed by atoms with E-state index in [1.807, 2.05) is 23.1 Å². The second-order valence-electron chi connectivity index (χ2n) is 8.58. The molecule has 3 aliphatic heterocycles. The van der Waals surface area contributed by atoms with E-state index in [-0.39, 0.29) is 12.1 Å². The first kappa shape index (κ1) is 16.6.